The van der Waals surface area contributed by atoms with Crippen molar-refractivity contribution in [1.82, 2.24) is 0 Å². The van der Waals surface area contributed by atoms with E-state index in [1.54, 1.807) is 0 Å². The maximum atomic E-state index is 10.8. The molecule has 0 aliphatic rings. The highest BCUT2D eigenvalue weighted by Gasteiger charge is 2.22. The predicted octanol–water partition coefficient (Wildman–Crippen LogP) is 3.53. The summed E-state index contributed by atoms with van der Waals surface area (Å²) in [5.41, 5.74) is 1.85. The average molecular weight is 296 g/mol. The van der Waals surface area contributed by atoms with Gasteiger partial charge in [0, 0.05) is 12.0 Å². The minimum atomic E-state index is -4.50. The van der Waals surface area contributed by atoms with E-state index >= 15 is 0 Å². The summed E-state index contributed by atoms with van der Waals surface area (Å²) >= 11 is 0.772. The molecular formula is C13H13O4PS. The Bertz CT molecular complexity index is 516. The van der Waals surface area contributed by atoms with Crippen LogP contribution in [0.3, 0.4) is 0 Å². The Hall–Kier alpha value is -1.10. The summed E-state index contributed by atoms with van der Waals surface area (Å²) in [4.78, 5) is 17.7. The van der Waals surface area contributed by atoms with E-state index in [0.29, 0.717) is 0 Å². The van der Waals surface area contributed by atoms with Crippen LogP contribution >= 0.6 is 19.9 Å². The molecule has 4 nitrogen and oxygen atoms in total. The van der Waals surface area contributed by atoms with Crippen LogP contribution in [-0.2, 0) is 8.54 Å². The van der Waals surface area contributed by atoms with E-state index in [-0.39, 0.29) is 5.25 Å². The lowest BCUT2D eigenvalue weighted by Gasteiger charge is -2.16. The fraction of sp³-hybridized carbons (Fsp3) is 0.0769. The lowest BCUT2D eigenvalue weighted by molar-refractivity contribution is 0.298. The fourth-order valence-electron chi connectivity index (χ4n) is 1.66. The molecule has 0 atom stereocenters. The molecule has 2 aromatic carbocycles. The Kier molecular flexibility index (Phi) is 4.80. The average Bonchev–Trinajstić information content (AvgIpc) is 2.40. The zero-order chi connectivity index (χ0) is 13.7. The summed E-state index contributed by atoms with van der Waals surface area (Å²) in [7, 11) is -4.50. The first-order chi connectivity index (χ1) is 9.06. The van der Waals surface area contributed by atoms with Crippen molar-refractivity contribution in [3.63, 3.8) is 0 Å². The van der Waals surface area contributed by atoms with Crippen LogP contribution in [0.25, 0.3) is 0 Å². The molecule has 0 aliphatic carbocycles. The Labute approximate surface area is 115 Å². The molecule has 0 bridgehead atoms. The molecule has 0 heterocycles. The van der Waals surface area contributed by atoms with Crippen molar-refractivity contribution < 1.29 is 18.3 Å². The molecule has 0 aliphatic heterocycles. The van der Waals surface area contributed by atoms with Gasteiger partial charge in [0.1, 0.15) is 0 Å². The number of hydrogen-bond donors (Lipinski definition) is 2. The molecule has 0 fully saturated rings. The standard InChI is InChI=1S/C13H13O4PS/c14-18(15,16)17-19-13(11-7-3-1-4-8-11)12-9-5-2-6-10-12/h1-10,13H,(H2,14,15,16). The first-order valence-corrected chi connectivity index (χ1v) is 7.90. The number of benzene rings is 2. The summed E-state index contributed by atoms with van der Waals surface area (Å²) in [6, 6.07) is 18.9. The molecule has 0 radical (unpaired) electrons. The monoisotopic (exact) mass is 296 g/mol. The molecule has 2 aromatic rings. The fourth-order valence-corrected chi connectivity index (χ4v) is 2.99. The van der Waals surface area contributed by atoms with E-state index in [1.807, 2.05) is 60.7 Å². The smallest absolute Gasteiger partial charge is 0.302 e. The van der Waals surface area contributed by atoms with Crippen LogP contribution in [0, 0.1) is 0 Å². The quantitative estimate of drug-likeness (QED) is 0.652. The first-order valence-electron chi connectivity index (χ1n) is 5.57. The van der Waals surface area contributed by atoms with Gasteiger partial charge in [-0.3, -0.25) is 0 Å². The van der Waals surface area contributed by atoms with Crippen molar-refractivity contribution in [3.8, 4) is 0 Å². The van der Waals surface area contributed by atoms with Gasteiger partial charge in [0.25, 0.3) is 0 Å². The van der Waals surface area contributed by atoms with Crippen LogP contribution in [0.15, 0.2) is 60.7 Å². The van der Waals surface area contributed by atoms with Crippen LogP contribution in [0.1, 0.15) is 16.4 Å². The van der Waals surface area contributed by atoms with Gasteiger partial charge in [-0.1, -0.05) is 60.7 Å². The molecule has 0 saturated carbocycles. The third-order valence-electron chi connectivity index (χ3n) is 2.44. The minimum Gasteiger partial charge on any atom is -0.302 e. The van der Waals surface area contributed by atoms with Gasteiger partial charge in [-0.15, -0.1) is 0 Å². The SMILES string of the molecule is O=P(O)(O)OSC(c1ccccc1)c1ccccc1. The minimum absolute atomic E-state index is 0.282. The van der Waals surface area contributed by atoms with Gasteiger partial charge in [0.05, 0.1) is 5.25 Å². The maximum Gasteiger partial charge on any atom is 0.480 e. The highest BCUT2D eigenvalue weighted by Crippen LogP contribution is 2.47. The number of rotatable bonds is 5. The molecule has 0 saturated heterocycles. The summed E-state index contributed by atoms with van der Waals surface area (Å²) < 4.78 is 15.4. The highest BCUT2D eigenvalue weighted by molar-refractivity contribution is 7.98. The van der Waals surface area contributed by atoms with Crippen LogP contribution in [0.2, 0.25) is 0 Å². The normalized spacial score (nSPS) is 11.7. The Balaban J connectivity index is 2.27. The summed E-state index contributed by atoms with van der Waals surface area (Å²) in [5, 5.41) is -0.282. The molecule has 0 amide bonds. The second-order valence-corrected chi connectivity index (χ2v) is 6.10. The van der Waals surface area contributed by atoms with Crippen molar-refractivity contribution in [2.75, 3.05) is 0 Å². The summed E-state index contributed by atoms with van der Waals surface area (Å²) in [6.07, 6.45) is 0. The molecule has 19 heavy (non-hydrogen) atoms. The zero-order valence-electron chi connectivity index (χ0n) is 9.92. The lowest BCUT2D eigenvalue weighted by Crippen LogP contribution is -1.97. The molecule has 0 unspecified atom stereocenters. The van der Waals surface area contributed by atoms with Gasteiger partial charge in [-0.05, 0) is 11.1 Å². The van der Waals surface area contributed by atoms with Crippen molar-refractivity contribution in [1.29, 1.82) is 0 Å². The van der Waals surface area contributed by atoms with Gasteiger partial charge in [0.15, 0.2) is 0 Å². The summed E-state index contributed by atoms with van der Waals surface area (Å²) in [5.74, 6) is 0. The second-order valence-electron chi connectivity index (χ2n) is 3.86. The van der Waals surface area contributed by atoms with Crippen LogP contribution in [-0.4, -0.2) is 9.79 Å². The van der Waals surface area contributed by atoms with Gasteiger partial charge in [0.2, 0.25) is 0 Å². The third-order valence-corrected chi connectivity index (χ3v) is 4.30. The van der Waals surface area contributed by atoms with Crippen molar-refractivity contribution >= 4 is 19.9 Å². The number of hydrogen-bond acceptors (Lipinski definition) is 3. The second kappa shape index (κ2) is 6.37. The molecule has 6 heteroatoms. The van der Waals surface area contributed by atoms with Crippen molar-refractivity contribution in [3.05, 3.63) is 71.8 Å². The van der Waals surface area contributed by atoms with Gasteiger partial charge in [-0.2, -0.15) is 0 Å². The Morgan fingerprint density at radius 2 is 1.32 bits per heavy atom. The van der Waals surface area contributed by atoms with Gasteiger partial charge in [-0.25, -0.2) is 8.54 Å². The van der Waals surface area contributed by atoms with Crippen molar-refractivity contribution in [2.24, 2.45) is 0 Å². The van der Waals surface area contributed by atoms with E-state index in [2.05, 4.69) is 3.97 Å². The predicted molar refractivity (Wildman–Crippen MR) is 75.4 cm³/mol. The van der Waals surface area contributed by atoms with E-state index in [0.717, 1.165) is 23.2 Å². The number of phosphoric acid groups is 1. The zero-order valence-corrected chi connectivity index (χ0v) is 11.6. The van der Waals surface area contributed by atoms with E-state index < -0.39 is 7.82 Å². The van der Waals surface area contributed by atoms with Gasteiger partial charge >= 0.3 is 7.82 Å². The largest absolute Gasteiger partial charge is 0.480 e. The van der Waals surface area contributed by atoms with E-state index in [1.165, 1.54) is 0 Å². The van der Waals surface area contributed by atoms with Crippen LogP contribution in [0.4, 0.5) is 0 Å². The van der Waals surface area contributed by atoms with Gasteiger partial charge < -0.3 is 9.79 Å². The molecule has 0 aromatic heterocycles. The van der Waals surface area contributed by atoms with Crippen LogP contribution in [0.5, 0.6) is 0 Å². The Morgan fingerprint density at radius 1 is 0.895 bits per heavy atom. The maximum absolute atomic E-state index is 10.8. The summed E-state index contributed by atoms with van der Waals surface area (Å²) in [6.45, 7) is 0. The molecule has 2 N–H and O–H groups in total. The van der Waals surface area contributed by atoms with Crippen molar-refractivity contribution in [2.45, 2.75) is 5.25 Å². The topological polar surface area (TPSA) is 66.8 Å². The molecule has 0 spiro atoms. The lowest BCUT2D eigenvalue weighted by atomic mass is 10.0. The van der Waals surface area contributed by atoms with Crippen LogP contribution < -0.4 is 0 Å². The molecule has 100 valence electrons. The van der Waals surface area contributed by atoms with E-state index in [9.17, 15) is 4.57 Å². The highest BCUT2D eigenvalue weighted by atomic mass is 32.2. The van der Waals surface area contributed by atoms with E-state index in [4.69, 9.17) is 9.79 Å². The molecular weight excluding hydrogens is 283 g/mol. The molecule has 2 rings (SSSR count). The third kappa shape index (κ3) is 4.49. The first kappa shape index (κ1) is 14.3. The Morgan fingerprint density at radius 3 is 1.68 bits per heavy atom.